The van der Waals surface area contributed by atoms with E-state index in [1.54, 1.807) is 13.2 Å². The van der Waals surface area contributed by atoms with Crippen molar-refractivity contribution in [1.29, 1.82) is 0 Å². The number of rotatable bonds is 7. The summed E-state index contributed by atoms with van der Waals surface area (Å²) in [7, 11) is 3.66. The molecule has 1 aromatic heterocycles. The van der Waals surface area contributed by atoms with E-state index in [2.05, 4.69) is 17.4 Å². The van der Waals surface area contributed by atoms with Crippen LogP contribution in [0.1, 0.15) is 47.9 Å². The van der Waals surface area contributed by atoms with Gasteiger partial charge in [0.15, 0.2) is 0 Å². The highest BCUT2D eigenvalue weighted by Crippen LogP contribution is 2.28. The molecule has 0 spiro atoms. The van der Waals surface area contributed by atoms with Crippen molar-refractivity contribution in [3.63, 3.8) is 0 Å². The summed E-state index contributed by atoms with van der Waals surface area (Å²) in [4.78, 5) is 32.6. The Morgan fingerprint density at radius 2 is 2.00 bits per heavy atom. The van der Waals surface area contributed by atoms with Crippen LogP contribution in [-0.2, 0) is 23.0 Å². The van der Waals surface area contributed by atoms with Gasteiger partial charge in [0.05, 0.1) is 23.2 Å². The van der Waals surface area contributed by atoms with Crippen molar-refractivity contribution in [1.82, 2.24) is 14.5 Å². The van der Waals surface area contributed by atoms with Crippen LogP contribution in [0.2, 0.25) is 0 Å². The first-order valence-electron chi connectivity index (χ1n) is 11.6. The monoisotopic (exact) mass is 448 g/mol. The number of hydrogen-bond acceptors (Lipinski definition) is 4. The zero-order valence-corrected chi connectivity index (χ0v) is 19.6. The molecule has 1 fully saturated rings. The van der Waals surface area contributed by atoms with E-state index < -0.39 is 0 Å². The number of amides is 2. The number of imidazole rings is 1. The number of aryl methyl sites for hydroxylation is 1. The first kappa shape index (κ1) is 23.0. The number of anilines is 1. The van der Waals surface area contributed by atoms with Crippen LogP contribution in [0.5, 0.6) is 0 Å². The molecule has 0 saturated carbocycles. The molecule has 7 heteroatoms. The largest absolute Gasteiger partial charge is 0.384 e. The number of ether oxygens (including phenoxy) is 1. The highest BCUT2D eigenvalue weighted by atomic mass is 16.5. The van der Waals surface area contributed by atoms with E-state index >= 15 is 0 Å². The van der Waals surface area contributed by atoms with Gasteiger partial charge in [-0.2, -0.15) is 0 Å². The molecule has 2 heterocycles. The molecule has 4 rings (SSSR count). The molecule has 2 amide bonds. The Labute approximate surface area is 194 Å². The van der Waals surface area contributed by atoms with E-state index in [0.29, 0.717) is 48.7 Å². The van der Waals surface area contributed by atoms with Crippen LogP contribution < -0.4 is 5.32 Å². The Morgan fingerprint density at radius 3 is 2.73 bits per heavy atom. The molecule has 7 nitrogen and oxygen atoms in total. The van der Waals surface area contributed by atoms with Crippen molar-refractivity contribution < 1.29 is 14.3 Å². The maximum absolute atomic E-state index is 13.7. The number of aromatic nitrogens is 2. The summed E-state index contributed by atoms with van der Waals surface area (Å²) in [6.45, 7) is 3.86. The number of hydrogen-bond donors (Lipinski definition) is 1. The lowest BCUT2D eigenvalue weighted by atomic mass is 9.98. The van der Waals surface area contributed by atoms with Crippen molar-refractivity contribution in [2.75, 3.05) is 32.1 Å². The van der Waals surface area contributed by atoms with Gasteiger partial charge in [-0.05, 0) is 36.5 Å². The number of nitrogens with zero attached hydrogens (tertiary/aromatic N) is 3. The van der Waals surface area contributed by atoms with Crippen LogP contribution in [0.25, 0.3) is 11.0 Å². The molecule has 33 heavy (non-hydrogen) atoms. The Hall–Kier alpha value is -3.19. The summed E-state index contributed by atoms with van der Waals surface area (Å²) in [6, 6.07) is 13.8. The van der Waals surface area contributed by atoms with Crippen molar-refractivity contribution in [2.45, 2.75) is 32.6 Å². The third kappa shape index (κ3) is 5.09. The fraction of sp³-hybridized carbons (Fsp3) is 0.423. The van der Waals surface area contributed by atoms with E-state index in [-0.39, 0.29) is 11.8 Å². The van der Waals surface area contributed by atoms with Gasteiger partial charge in [0.1, 0.15) is 5.82 Å². The molecule has 1 aliphatic rings. The molecule has 3 aromatic rings. The molecular weight excluding hydrogens is 416 g/mol. The zero-order valence-electron chi connectivity index (χ0n) is 19.6. The van der Waals surface area contributed by atoms with Gasteiger partial charge in [0, 0.05) is 45.8 Å². The van der Waals surface area contributed by atoms with E-state index in [1.807, 2.05) is 47.7 Å². The third-order valence-corrected chi connectivity index (χ3v) is 6.31. The predicted octanol–water partition coefficient (Wildman–Crippen LogP) is 4.01. The molecule has 1 N–H and O–H groups in total. The Balaban J connectivity index is 1.75. The van der Waals surface area contributed by atoms with E-state index in [1.165, 1.54) is 0 Å². The van der Waals surface area contributed by atoms with Gasteiger partial charge < -0.3 is 19.5 Å². The van der Waals surface area contributed by atoms with E-state index in [4.69, 9.17) is 9.72 Å². The van der Waals surface area contributed by atoms with Crippen molar-refractivity contribution >= 4 is 28.5 Å². The average molecular weight is 449 g/mol. The minimum Gasteiger partial charge on any atom is -0.384 e. The molecule has 1 saturated heterocycles. The minimum atomic E-state index is -0.0914. The molecular formula is C26H32N4O3. The second-order valence-electron chi connectivity index (χ2n) is 8.76. The van der Waals surface area contributed by atoms with Gasteiger partial charge in [-0.1, -0.05) is 37.3 Å². The third-order valence-electron chi connectivity index (χ3n) is 6.31. The maximum atomic E-state index is 13.7. The Bertz CT molecular complexity index is 1140. The quantitative estimate of drug-likeness (QED) is 0.593. The summed E-state index contributed by atoms with van der Waals surface area (Å²) in [6.07, 6.45) is 3.05. The number of carbonyl (C=O) groups is 2. The van der Waals surface area contributed by atoms with Gasteiger partial charge in [-0.25, -0.2) is 4.98 Å². The number of nitrogens with one attached hydrogen (secondary N) is 1. The van der Waals surface area contributed by atoms with Gasteiger partial charge in [0.2, 0.25) is 5.91 Å². The first-order valence-corrected chi connectivity index (χ1v) is 11.6. The van der Waals surface area contributed by atoms with Crippen molar-refractivity contribution in [3.8, 4) is 0 Å². The van der Waals surface area contributed by atoms with E-state index in [9.17, 15) is 9.59 Å². The lowest BCUT2D eigenvalue weighted by molar-refractivity contribution is -0.115. The lowest BCUT2D eigenvalue weighted by Crippen LogP contribution is -2.41. The number of methoxy groups -OCH3 is 1. The number of likely N-dealkylation sites (tertiary alicyclic amines) is 1. The highest BCUT2D eigenvalue weighted by Gasteiger charge is 2.27. The second kappa shape index (κ2) is 10.2. The Morgan fingerprint density at radius 1 is 1.21 bits per heavy atom. The normalized spacial score (nSPS) is 16.2. The second-order valence-corrected chi connectivity index (χ2v) is 8.76. The standard InChI is InChI=1S/C26H32N4O3/c1-4-24(31)27-20-14-21(26(32)30-12-8-11-19(16-30)17-33-3)25-22(15-20)28-23(29(25)2)13-18-9-6-5-7-10-18/h5-7,9-10,14-15,19H,4,8,11-13,16-17H2,1-3H3,(H,27,31). The fourth-order valence-corrected chi connectivity index (χ4v) is 4.61. The van der Waals surface area contributed by atoms with Crippen LogP contribution in [0.3, 0.4) is 0 Å². The summed E-state index contributed by atoms with van der Waals surface area (Å²) in [5.41, 5.74) is 3.85. The average Bonchev–Trinajstić information content (AvgIpc) is 3.14. The summed E-state index contributed by atoms with van der Waals surface area (Å²) in [5.74, 6) is 1.10. The maximum Gasteiger partial charge on any atom is 0.256 e. The highest BCUT2D eigenvalue weighted by molar-refractivity contribution is 6.07. The van der Waals surface area contributed by atoms with Gasteiger partial charge in [0.25, 0.3) is 5.91 Å². The first-order chi connectivity index (χ1) is 16.0. The van der Waals surface area contributed by atoms with Crippen molar-refractivity contribution in [2.24, 2.45) is 13.0 Å². The zero-order chi connectivity index (χ0) is 23.4. The van der Waals surface area contributed by atoms with Gasteiger partial charge in [-0.15, -0.1) is 0 Å². The van der Waals surface area contributed by atoms with Crippen molar-refractivity contribution in [3.05, 3.63) is 59.4 Å². The van der Waals surface area contributed by atoms with Crippen LogP contribution in [0, 0.1) is 5.92 Å². The topological polar surface area (TPSA) is 76.5 Å². The van der Waals surface area contributed by atoms with E-state index in [0.717, 1.165) is 36.3 Å². The molecule has 0 bridgehead atoms. The summed E-state index contributed by atoms with van der Waals surface area (Å²) >= 11 is 0. The van der Waals surface area contributed by atoms with Crippen LogP contribution in [0.4, 0.5) is 5.69 Å². The SMILES string of the molecule is CCC(=O)Nc1cc(C(=O)N2CCCC(COC)C2)c2c(c1)nc(Cc1ccccc1)n2C. The predicted molar refractivity (Wildman–Crippen MR) is 129 cm³/mol. The molecule has 1 atom stereocenters. The smallest absolute Gasteiger partial charge is 0.256 e. The minimum absolute atomic E-state index is 0.0253. The van der Waals surface area contributed by atoms with Crippen LogP contribution in [0.15, 0.2) is 42.5 Å². The number of piperidine rings is 1. The van der Waals surface area contributed by atoms with Crippen LogP contribution in [-0.4, -0.2) is 53.1 Å². The molecule has 2 aromatic carbocycles. The van der Waals surface area contributed by atoms with Gasteiger partial charge >= 0.3 is 0 Å². The van der Waals surface area contributed by atoms with Gasteiger partial charge in [-0.3, -0.25) is 9.59 Å². The fourth-order valence-electron chi connectivity index (χ4n) is 4.61. The molecule has 0 aliphatic carbocycles. The molecule has 1 aliphatic heterocycles. The number of fused-ring (bicyclic) bond motifs is 1. The molecule has 1 unspecified atom stereocenters. The van der Waals surface area contributed by atoms with Crippen LogP contribution >= 0.6 is 0 Å². The lowest BCUT2D eigenvalue weighted by Gasteiger charge is -2.32. The Kier molecular flexibility index (Phi) is 7.08. The molecule has 0 radical (unpaired) electrons. The summed E-state index contributed by atoms with van der Waals surface area (Å²) in [5, 5.41) is 2.91. The number of benzene rings is 2. The number of carbonyl (C=O) groups excluding carboxylic acids is 2. The molecule has 174 valence electrons. The summed E-state index contributed by atoms with van der Waals surface area (Å²) < 4.78 is 7.35.